The van der Waals surface area contributed by atoms with Crippen molar-refractivity contribution in [1.82, 2.24) is 0 Å². The summed E-state index contributed by atoms with van der Waals surface area (Å²) in [5, 5.41) is 3.53. The number of thiophene rings is 1. The Balaban J connectivity index is 2.30. The predicted octanol–water partition coefficient (Wildman–Crippen LogP) is 5.29. The Hall–Kier alpha value is -1.25. The molecule has 0 amide bonds. The Morgan fingerprint density at radius 2 is 1.82 bits per heavy atom. The zero-order chi connectivity index (χ0) is 11.7. The van der Waals surface area contributed by atoms with Crippen LogP contribution in [0.25, 0.3) is 21.2 Å². The maximum Gasteiger partial charge on any atom is 0.0360 e. The molecule has 0 unspecified atom stereocenters. The molecule has 17 heavy (non-hydrogen) atoms. The van der Waals surface area contributed by atoms with Crippen molar-refractivity contribution >= 4 is 33.2 Å². The third-order valence-electron chi connectivity index (χ3n) is 2.87. The third kappa shape index (κ3) is 1.99. The number of benzene rings is 2. The second-order valence-corrected chi connectivity index (χ2v) is 5.70. The molecule has 3 aromatic rings. The van der Waals surface area contributed by atoms with E-state index in [4.69, 9.17) is 0 Å². The molecule has 0 fully saturated rings. The molecule has 0 saturated heterocycles. The van der Waals surface area contributed by atoms with Gasteiger partial charge in [0.15, 0.2) is 0 Å². The summed E-state index contributed by atoms with van der Waals surface area (Å²) in [5.74, 6) is 0. The molecule has 0 aliphatic heterocycles. The fourth-order valence-corrected chi connectivity index (χ4v) is 3.42. The number of hydrogen-bond donors (Lipinski definition) is 0. The molecule has 0 N–H and O–H groups in total. The highest BCUT2D eigenvalue weighted by Crippen LogP contribution is 2.35. The quantitative estimate of drug-likeness (QED) is 0.561. The number of thioether (sulfide) groups is 1. The normalized spacial score (nSPS) is 10.9. The number of rotatable bonds is 2. The van der Waals surface area contributed by atoms with Gasteiger partial charge in [-0.15, -0.1) is 23.1 Å². The zero-order valence-electron chi connectivity index (χ0n) is 9.51. The van der Waals surface area contributed by atoms with Crippen molar-refractivity contribution in [2.75, 3.05) is 6.26 Å². The SMILES string of the molecule is CSc1cc(-c2ccccc2)c2ccsc2c1. The highest BCUT2D eigenvalue weighted by Gasteiger charge is 2.06. The smallest absolute Gasteiger partial charge is 0.0360 e. The largest absolute Gasteiger partial charge is 0.144 e. The van der Waals surface area contributed by atoms with Crippen LogP contribution in [0.4, 0.5) is 0 Å². The molecule has 2 aromatic carbocycles. The minimum absolute atomic E-state index is 1.30. The van der Waals surface area contributed by atoms with Crippen LogP contribution >= 0.6 is 23.1 Å². The third-order valence-corrected chi connectivity index (χ3v) is 4.44. The van der Waals surface area contributed by atoms with Crippen molar-refractivity contribution in [2.24, 2.45) is 0 Å². The molecule has 0 atom stereocenters. The van der Waals surface area contributed by atoms with E-state index in [9.17, 15) is 0 Å². The van der Waals surface area contributed by atoms with Gasteiger partial charge >= 0.3 is 0 Å². The molecular weight excluding hydrogens is 244 g/mol. The summed E-state index contributed by atoms with van der Waals surface area (Å²) < 4.78 is 1.37. The standard InChI is InChI=1S/C15H12S2/c1-16-12-9-14(11-5-3-2-4-6-11)13-7-8-17-15(13)10-12/h2-10H,1H3. The van der Waals surface area contributed by atoms with E-state index in [1.165, 1.54) is 26.1 Å². The van der Waals surface area contributed by atoms with E-state index in [1.54, 1.807) is 11.8 Å². The second-order valence-electron chi connectivity index (χ2n) is 3.87. The van der Waals surface area contributed by atoms with Crippen molar-refractivity contribution in [3.63, 3.8) is 0 Å². The lowest BCUT2D eigenvalue weighted by atomic mass is 10.0. The van der Waals surface area contributed by atoms with Gasteiger partial charge in [-0.05, 0) is 41.0 Å². The van der Waals surface area contributed by atoms with Gasteiger partial charge in [0, 0.05) is 15.0 Å². The van der Waals surface area contributed by atoms with Crippen molar-refractivity contribution in [3.05, 3.63) is 53.9 Å². The van der Waals surface area contributed by atoms with Crippen LogP contribution in [0.5, 0.6) is 0 Å². The first-order valence-corrected chi connectivity index (χ1v) is 7.59. The Kier molecular flexibility index (Phi) is 2.91. The van der Waals surface area contributed by atoms with Crippen LogP contribution in [0, 0.1) is 0 Å². The van der Waals surface area contributed by atoms with Crippen LogP contribution in [-0.4, -0.2) is 6.26 Å². The van der Waals surface area contributed by atoms with Crippen LogP contribution in [0.1, 0.15) is 0 Å². The van der Waals surface area contributed by atoms with Gasteiger partial charge < -0.3 is 0 Å². The van der Waals surface area contributed by atoms with Crippen LogP contribution in [0.15, 0.2) is 58.8 Å². The molecule has 3 rings (SSSR count). The van der Waals surface area contributed by atoms with Gasteiger partial charge in [-0.2, -0.15) is 0 Å². The van der Waals surface area contributed by atoms with Crippen molar-refractivity contribution in [1.29, 1.82) is 0 Å². The van der Waals surface area contributed by atoms with E-state index in [1.807, 2.05) is 11.3 Å². The molecule has 0 aliphatic carbocycles. The summed E-state index contributed by atoms with van der Waals surface area (Å²) in [6.07, 6.45) is 2.13. The van der Waals surface area contributed by atoms with Crippen LogP contribution < -0.4 is 0 Å². The van der Waals surface area contributed by atoms with E-state index in [2.05, 4.69) is 60.2 Å². The first-order chi connectivity index (χ1) is 8.38. The van der Waals surface area contributed by atoms with Gasteiger partial charge in [0.05, 0.1) is 0 Å². The van der Waals surface area contributed by atoms with E-state index in [0.29, 0.717) is 0 Å². The van der Waals surface area contributed by atoms with Gasteiger partial charge in [0.2, 0.25) is 0 Å². The fraction of sp³-hybridized carbons (Fsp3) is 0.0667. The summed E-state index contributed by atoms with van der Waals surface area (Å²) in [7, 11) is 0. The molecule has 2 heteroatoms. The summed E-state index contributed by atoms with van der Waals surface area (Å²) in [6.45, 7) is 0. The molecular formula is C15H12S2. The number of hydrogen-bond acceptors (Lipinski definition) is 2. The Morgan fingerprint density at radius 3 is 2.59 bits per heavy atom. The topological polar surface area (TPSA) is 0 Å². The van der Waals surface area contributed by atoms with E-state index < -0.39 is 0 Å². The van der Waals surface area contributed by atoms with E-state index >= 15 is 0 Å². The van der Waals surface area contributed by atoms with Crippen LogP contribution in [-0.2, 0) is 0 Å². The monoisotopic (exact) mass is 256 g/mol. The Bertz CT molecular complexity index is 638. The lowest BCUT2D eigenvalue weighted by molar-refractivity contribution is 1.52. The molecule has 0 saturated carbocycles. The van der Waals surface area contributed by atoms with Crippen LogP contribution in [0.2, 0.25) is 0 Å². The van der Waals surface area contributed by atoms with Gasteiger partial charge in [0.1, 0.15) is 0 Å². The number of fused-ring (bicyclic) bond motifs is 1. The van der Waals surface area contributed by atoms with Crippen molar-refractivity contribution in [2.45, 2.75) is 4.90 Å². The Labute approximate surface area is 109 Å². The fourth-order valence-electron chi connectivity index (χ4n) is 2.02. The zero-order valence-corrected chi connectivity index (χ0v) is 11.1. The minimum atomic E-state index is 1.30. The Morgan fingerprint density at radius 1 is 1.00 bits per heavy atom. The first-order valence-electron chi connectivity index (χ1n) is 5.49. The van der Waals surface area contributed by atoms with E-state index in [0.717, 1.165) is 0 Å². The van der Waals surface area contributed by atoms with Crippen molar-refractivity contribution in [3.8, 4) is 11.1 Å². The molecule has 0 nitrogen and oxygen atoms in total. The average Bonchev–Trinajstić information content (AvgIpc) is 2.86. The lowest BCUT2D eigenvalue weighted by Crippen LogP contribution is -1.80. The molecule has 0 aliphatic rings. The molecule has 0 bridgehead atoms. The summed E-state index contributed by atoms with van der Waals surface area (Å²) >= 11 is 3.61. The molecule has 1 heterocycles. The lowest BCUT2D eigenvalue weighted by Gasteiger charge is -2.06. The van der Waals surface area contributed by atoms with Gasteiger partial charge in [-0.1, -0.05) is 30.3 Å². The average molecular weight is 256 g/mol. The van der Waals surface area contributed by atoms with E-state index in [-0.39, 0.29) is 0 Å². The van der Waals surface area contributed by atoms with Gasteiger partial charge in [0.25, 0.3) is 0 Å². The minimum Gasteiger partial charge on any atom is -0.144 e. The molecule has 0 radical (unpaired) electrons. The summed E-state index contributed by atoms with van der Waals surface area (Å²) in [5.41, 5.74) is 2.64. The predicted molar refractivity (Wildman–Crippen MR) is 79.0 cm³/mol. The van der Waals surface area contributed by atoms with Gasteiger partial charge in [-0.25, -0.2) is 0 Å². The highest BCUT2D eigenvalue weighted by molar-refractivity contribution is 7.98. The molecule has 0 spiro atoms. The summed E-state index contributed by atoms with van der Waals surface area (Å²) in [4.78, 5) is 1.33. The highest BCUT2D eigenvalue weighted by atomic mass is 32.2. The second kappa shape index (κ2) is 4.55. The molecule has 1 aromatic heterocycles. The maximum atomic E-state index is 2.29. The maximum absolute atomic E-state index is 2.29. The first kappa shape index (κ1) is 10.9. The summed E-state index contributed by atoms with van der Waals surface area (Å²) in [6, 6.07) is 17.4. The van der Waals surface area contributed by atoms with Gasteiger partial charge in [-0.3, -0.25) is 0 Å². The van der Waals surface area contributed by atoms with Crippen molar-refractivity contribution < 1.29 is 0 Å². The molecule has 84 valence electrons. The van der Waals surface area contributed by atoms with Crippen LogP contribution in [0.3, 0.4) is 0 Å².